The van der Waals surface area contributed by atoms with Crippen molar-refractivity contribution in [1.29, 1.82) is 0 Å². The first-order valence-electron chi connectivity index (χ1n) is 5.61. The van der Waals surface area contributed by atoms with Crippen LogP contribution < -0.4 is 10.1 Å². The Labute approximate surface area is 100 Å². The molecule has 5 nitrogen and oxygen atoms in total. The molecule has 0 aliphatic carbocycles. The molecule has 0 saturated carbocycles. The number of ether oxygens (including phenoxy) is 1. The molecule has 2 aromatic rings. The Morgan fingerprint density at radius 3 is 3.06 bits per heavy atom. The highest BCUT2D eigenvalue weighted by Crippen LogP contribution is 2.18. The van der Waals surface area contributed by atoms with Gasteiger partial charge in [0.15, 0.2) is 5.75 Å². The molecule has 0 aromatic carbocycles. The Morgan fingerprint density at radius 2 is 2.35 bits per heavy atom. The van der Waals surface area contributed by atoms with Crippen LogP contribution in [0.5, 0.6) is 11.6 Å². The molecule has 0 spiro atoms. The fraction of sp³-hybridized carbons (Fsp3) is 0.333. The van der Waals surface area contributed by atoms with E-state index >= 15 is 0 Å². The molecule has 0 unspecified atom stereocenters. The van der Waals surface area contributed by atoms with E-state index in [4.69, 9.17) is 4.74 Å². The van der Waals surface area contributed by atoms with Crippen LogP contribution >= 0.6 is 0 Å². The zero-order valence-corrected chi connectivity index (χ0v) is 10.1. The molecule has 0 atom stereocenters. The van der Waals surface area contributed by atoms with Gasteiger partial charge in [-0.2, -0.15) is 5.10 Å². The van der Waals surface area contributed by atoms with E-state index in [1.54, 1.807) is 12.4 Å². The minimum atomic E-state index is 0.591. The second-order valence-electron chi connectivity index (χ2n) is 3.67. The lowest BCUT2D eigenvalue weighted by molar-refractivity contribution is 0.460. The Kier molecular flexibility index (Phi) is 3.72. The summed E-state index contributed by atoms with van der Waals surface area (Å²) in [5.41, 5.74) is 1.14. The summed E-state index contributed by atoms with van der Waals surface area (Å²) in [7, 11) is 1.91. The standard InChI is InChI=1S/C12H16N4O/c1-3-16-9-11(8-15-16)17-12-6-10(7-13-2)4-5-14-12/h4-6,8-9,13H,3,7H2,1-2H3. The molecule has 0 amide bonds. The summed E-state index contributed by atoms with van der Waals surface area (Å²) in [6.45, 7) is 3.66. The van der Waals surface area contributed by atoms with Crippen molar-refractivity contribution in [1.82, 2.24) is 20.1 Å². The molecule has 5 heteroatoms. The minimum absolute atomic E-state index is 0.591. The highest BCUT2D eigenvalue weighted by molar-refractivity contribution is 5.25. The first-order chi connectivity index (χ1) is 8.31. The number of rotatable bonds is 5. The molecular weight excluding hydrogens is 216 g/mol. The third-order valence-corrected chi connectivity index (χ3v) is 2.34. The largest absolute Gasteiger partial charge is 0.436 e. The molecule has 0 aliphatic heterocycles. The topological polar surface area (TPSA) is 52.0 Å². The van der Waals surface area contributed by atoms with Gasteiger partial charge in [0.2, 0.25) is 5.88 Å². The van der Waals surface area contributed by atoms with Crippen molar-refractivity contribution < 1.29 is 4.74 Å². The maximum Gasteiger partial charge on any atom is 0.219 e. The number of nitrogens with one attached hydrogen (secondary N) is 1. The molecule has 0 radical (unpaired) electrons. The Morgan fingerprint density at radius 1 is 1.47 bits per heavy atom. The zero-order chi connectivity index (χ0) is 12.1. The second kappa shape index (κ2) is 5.45. The highest BCUT2D eigenvalue weighted by Gasteiger charge is 2.02. The molecule has 0 fully saturated rings. The van der Waals surface area contributed by atoms with E-state index in [0.29, 0.717) is 11.6 Å². The molecule has 0 bridgehead atoms. The van der Waals surface area contributed by atoms with E-state index in [2.05, 4.69) is 15.4 Å². The van der Waals surface area contributed by atoms with Gasteiger partial charge in [-0.1, -0.05) is 0 Å². The van der Waals surface area contributed by atoms with Gasteiger partial charge < -0.3 is 10.1 Å². The smallest absolute Gasteiger partial charge is 0.219 e. The van der Waals surface area contributed by atoms with Gasteiger partial charge in [0, 0.05) is 25.4 Å². The fourth-order valence-electron chi connectivity index (χ4n) is 1.51. The second-order valence-corrected chi connectivity index (χ2v) is 3.67. The molecule has 0 saturated heterocycles. The lowest BCUT2D eigenvalue weighted by Crippen LogP contribution is -2.05. The van der Waals surface area contributed by atoms with Crippen LogP contribution in [0.4, 0.5) is 0 Å². The third-order valence-electron chi connectivity index (χ3n) is 2.34. The Balaban J connectivity index is 2.09. The first kappa shape index (κ1) is 11.6. The molecule has 2 rings (SSSR count). The monoisotopic (exact) mass is 232 g/mol. The summed E-state index contributed by atoms with van der Waals surface area (Å²) in [5, 5.41) is 7.23. The van der Waals surface area contributed by atoms with Crippen LogP contribution in [0, 0.1) is 0 Å². The van der Waals surface area contributed by atoms with E-state index in [1.807, 2.05) is 37.0 Å². The average Bonchev–Trinajstić information content (AvgIpc) is 2.78. The lowest BCUT2D eigenvalue weighted by Gasteiger charge is -2.04. The van der Waals surface area contributed by atoms with Gasteiger partial charge in [-0.05, 0) is 25.6 Å². The first-order valence-corrected chi connectivity index (χ1v) is 5.61. The molecule has 2 aromatic heterocycles. The third kappa shape index (κ3) is 3.04. The maximum absolute atomic E-state index is 5.63. The SMILES string of the molecule is CCn1cc(Oc2cc(CNC)ccn2)cn1. The highest BCUT2D eigenvalue weighted by atomic mass is 16.5. The van der Waals surface area contributed by atoms with Crippen LogP contribution in [0.15, 0.2) is 30.7 Å². The number of aryl methyl sites for hydroxylation is 1. The van der Waals surface area contributed by atoms with Crippen LogP contribution in [-0.2, 0) is 13.1 Å². The fourth-order valence-corrected chi connectivity index (χ4v) is 1.51. The van der Waals surface area contributed by atoms with Crippen LogP contribution in [0.3, 0.4) is 0 Å². The average molecular weight is 232 g/mol. The van der Waals surface area contributed by atoms with E-state index in [-0.39, 0.29) is 0 Å². The molecule has 1 N–H and O–H groups in total. The van der Waals surface area contributed by atoms with Gasteiger partial charge >= 0.3 is 0 Å². The Hall–Kier alpha value is -1.88. The van der Waals surface area contributed by atoms with Gasteiger partial charge in [0.1, 0.15) is 0 Å². The van der Waals surface area contributed by atoms with Crippen LogP contribution in [0.2, 0.25) is 0 Å². The zero-order valence-electron chi connectivity index (χ0n) is 10.1. The number of hydrogen-bond donors (Lipinski definition) is 1. The molecular formula is C12H16N4O. The van der Waals surface area contributed by atoms with Crippen molar-refractivity contribution in [3.63, 3.8) is 0 Å². The predicted molar refractivity (Wildman–Crippen MR) is 65.0 cm³/mol. The number of pyridine rings is 1. The normalized spacial score (nSPS) is 10.5. The van der Waals surface area contributed by atoms with Gasteiger partial charge in [-0.3, -0.25) is 4.68 Å². The molecule has 90 valence electrons. The molecule has 0 aliphatic rings. The summed E-state index contributed by atoms with van der Waals surface area (Å²) < 4.78 is 7.44. The van der Waals surface area contributed by atoms with Crippen molar-refractivity contribution in [2.24, 2.45) is 0 Å². The van der Waals surface area contributed by atoms with Crippen molar-refractivity contribution in [3.05, 3.63) is 36.3 Å². The summed E-state index contributed by atoms with van der Waals surface area (Å²) in [6, 6.07) is 3.87. The van der Waals surface area contributed by atoms with Crippen LogP contribution in [0.25, 0.3) is 0 Å². The summed E-state index contributed by atoms with van der Waals surface area (Å²) >= 11 is 0. The molecule has 2 heterocycles. The summed E-state index contributed by atoms with van der Waals surface area (Å²) in [5.74, 6) is 1.30. The van der Waals surface area contributed by atoms with E-state index in [9.17, 15) is 0 Å². The Bertz CT molecular complexity index is 481. The quantitative estimate of drug-likeness (QED) is 0.854. The van der Waals surface area contributed by atoms with Crippen LogP contribution in [-0.4, -0.2) is 21.8 Å². The van der Waals surface area contributed by atoms with Gasteiger partial charge in [0.05, 0.1) is 12.4 Å². The summed E-state index contributed by atoms with van der Waals surface area (Å²) in [4.78, 5) is 4.16. The van der Waals surface area contributed by atoms with Gasteiger partial charge in [0.25, 0.3) is 0 Å². The summed E-state index contributed by atoms with van der Waals surface area (Å²) in [6.07, 6.45) is 5.29. The van der Waals surface area contributed by atoms with E-state index < -0.39 is 0 Å². The van der Waals surface area contributed by atoms with E-state index in [1.165, 1.54) is 0 Å². The molecule has 17 heavy (non-hydrogen) atoms. The van der Waals surface area contributed by atoms with E-state index in [0.717, 1.165) is 18.7 Å². The number of hydrogen-bond acceptors (Lipinski definition) is 4. The van der Waals surface area contributed by atoms with Gasteiger partial charge in [-0.15, -0.1) is 0 Å². The van der Waals surface area contributed by atoms with Crippen LogP contribution in [0.1, 0.15) is 12.5 Å². The minimum Gasteiger partial charge on any atom is -0.436 e. The number of nitrogens with zero attached hydrogens (tertiary/aromatic N) is 3. The predicted octanol–water partition coefficient (Wildman–Crippen LogP) is 1.81. The number of aromatic nitrogens is 3. The lowest BCUT2D eigenvalue weighted by atomic mass is 10.3. The van der Waals surface area contributed by atoms with Crippen molar-refractivity contribution in [3.8, 4) is 11.6 Å². The maximum atomic E-state index is 5.63. The van der Waals surface area contributed by atoms with Gasteiger partial charge in [-0.25, -0.2) is 4.98 Å². The van der Waals surface area contributed by atoms with Crippen molar-refractivity contribution in [2.75, 3.05) is 7.05 Å². The van der Waals surface area contributed by atoms with Crippen molar-refractivity contribution >= 4 is 0 Å². The van der Waals surface area contributed by atoms with Crippen molar-refractivity contribution in [2.45, 2.75) is 20.0 Å².